The maximum atomic E-state index is 14.1. The van der Waals surface area contributed by atoms with Crippen molar-refractivity contribution in [1.82, 2.24) is 42.5 Å². The number of ether oxygens (including phenoxy) is 1. The Labute approximate surface area is 532 Å². The first-order chi connectivity index (χ1) is 42.3. The van der Waals surface area contributed by atoms with Crippen LogP contribution in [0, 0.1) is 11.8 Å². The van der Waals surface area contributed by atoms with Gasteiger partial charge >= 0.3 is 5.97 Å². The van der Waals surface area contributed by atoms with Crippen LogP contribution in [-0.4, -0.2) is 223 Å². The fourth-order valence-electron chi connectivity index (χ4n) is 10.5. The van der Waals surface area contributed by atoms with Gasteiger partial charge in [0.2, 0.25) is 41.4 Å². The number of Topliss-reactive ketones (excluding diaryl/α,β-unsaturated/α-hetero) is 2. The van der Waals surface area contributed by atoms with Crippen LogP contribution in [0.15, 0.2) is 17.1 Å². The molecule has 7 amide bonds. The van der Waals surface area contributed by atoms with Crippen molar-refractivity contribution >= 4 is 76.5 Å². The summed E-state index contributed by atoms with van der Waals surface area (Å²) in [6.45, 7) is 8.02. The zero-order chi connectivity index (χ0) is 67.8. The van der Waals surface area contributed by atoms with Crippen LogP contribution in [0.4, 0.5) is 0 Å². The Bertz CT molecular complexity index is 2420. The number of thioether (sulfide) groups is 1. The maximum absolute atomic E-state index is 14.1. The predicted octanol–water partition coefficient (Wildman–Crippen LogP) is -1.90. The zero-order valence-electron chi connectivity index (χ0n) is 53.6. The normalized spacial score (nSPS) is 25.1. The third-order valence-electron chi connectivity index (χ3n) is 16.9. The number of ketones is 2. The Morgan fingerprint density at radius 1 is 0.700 bits per heavy atom. The molecule has 514 valence electrons. The van der Waals surface area contributed by atoms with E-state index in [1.165, 1.54) is 41.7 Å². The van der Waals surface area contributed by atoms with Gasteiger partial charge in [-0.05, 0) is 86.6 Å². The van der Waals surface area contributed by atoms with E-state index in [0.29, 0.717) is 19.3 Å². The number of amidine groups is 1. The number of carboxylic acids is 1. The second-order valence-corrected chi connectivity index (χ2v) is 25.2. The Kier molecular flexibility index (Phi) is 36.0. The highest BCUT2D eigenvalue weighted by atomic mass is 32.2. The molecule has 2 fully saturated rings. The third kappa shape index (κ3) is 26.5. The number of carbonyl (C=O) groups is 10. The van der Waals surface area contributed by atoms with Crippen molar-refractivity contribution in [3.8, 4) is 0 Å². The summed E-state index contributed by atoms with van der Waals surface area (Å²) < 4.78 is 5.91. The molecule has 0 bridgehead atoms. The lowest BCUT2D eigenvalue weighted by atomic mass is 9.66. The molecule has 1 aliphatic carbocycles. The molecular formula is C60H105N11O18S. The lowest BCUT2D eigenvalue weighted by Gasteiger charge is -2.61. The largest absolute Gasteiger partial charge is 0.481 e. The highest BCUT2D eigenvalue weighted by Crippen LogP contribution is 2.53. The third-order valence-corrected chi connectivity index (χ3v) is 18.4. The number of carboxylic acid groups (broad SMARTS) is 1. The number of hydrogen-bond acceptors (Lipinski definition) is 21. The van der Waals surface area contributed by atoms with Gasteiger partial charge in [-0.1, -0.05) is 57.6 Å². The highest BCUT2D eigenvalue weighted by Gasteiger charge is 2.70. The number of nitrogens with one attached hydrogen (secondary N) is 8. The number of likely N-dealkylation sites (N-methyl/N-ethyl adjacent to an activating group) is 1. The molecule has 90 heavy (non-hydrogen) atoms. The van der Waals surface area contributed by atoms with E-state index in [4.69, 9.17) is 16.2 Å². The molecule has 0 aromatic rings. The summed E-state index contributed by atoms with van der Waals surface area (Å²) in [5, 5.41) is 94.5. The van der Waals surface area contributed by atoms with Crippen molar-refractivity contribution in [3.05, 3.63) is 12.2 Å². The van der Waals surface area contributed by atoms with Gasteiger partial charge in [0.1, 0.15) is 51.5 Å². The van der Waals surface area contributed by atoms with Gasteiger partial charge in [0, 0.05) is 83.1 Å². The van der Waals surface area contributed by atoms with Crippen LogP contribution in [-0.2, 0) is 52.7 Å². The highest BCUT2D eigenvalue weighted by molar-refractivity contribution is 8.01. The molecule has 2 rings (SSSR count). The maximum Gasteiger partial charge on any atom is 0.303 e. The topological polar surface area (TPSA) is 482 Å². The molecule has 2 aliphatic rings. The fourth-order valence-corrected chi connectivity index (χ4v) is 11.7. The molecule has 29 nitrogen and oxygen atoms in total. The molecule has 13 unspecified atom stereocenters. The molecule has 1 saturated carbocycles. The minimum Gasteiger partial charge on any atom is -0.481 e. The van der Waals surface area contributed by atoms with Gasteiger partial charge in [-0.15, -0.1) is 11.8 Å². The van der Waals surface area contributed by atoms with E-state index >= 15 is 0 Å². The Balaban J connectivity index is 2.09. The predicted molar refractivity (Wildman–Crippen MR) is 336 cm³/mol. The number of nitrogens with zero attached hydrogens (tertiary/aromatic N) is 1. The number of carbonyl (C=O) groups excluding carboxylic acids is 9. The summed E-state index contributed by atoms with van der Waals surface area (Å²) in [5.74, 6) is -7.01. The molecule has 19 N–H and O–H groups in total. The number of amides is 7. The minimum absolute atomic E-state index is 0.0135. The van der Waals surface area contributed by atoms with Gasteiger partial charge < -0.3 is 94.5 Å². The lowest BCUT2D eigenvalue weighted by molar-refractivity contribution is -0.349. The number of unbranched alkanes of at least 4 members (excludes halogenated alkanes) is 5. The van der Waals surface area contributed by atoms with Gasteiger partial charge in [0.05, 0.1) is 43.2 Å². The van der Waals surface area contributed by atoms with Gasteiger partial charge in [-0.2, -0.15) is 0 Å². The van der Waals surface area contributed by atoms with Crippen molar-refractivity contribution in [2.75, 3.05) is 58.7 Å². The number of rotatable bonds is 45. The molecule has 13 atom stereocenters. The van der Waals surface area contributed by atoms with Gasteiger partial charge in [0.25, 0.3) is 0 Å². The van der Waals surface area contributed by atoms with Crippen molar-refractivity contribution in [3.63, 3.8) is 0 Å². The molecule has 1 saturated heterocycles. The van der Waals surface area contributed by atoms with Crippen molar-refractivity contribution < 1.29 is 88.4 Å². The van der Waals surface area contributed by atoms with E-state index in [-0.39, 0.29) is 126 Å². The summed E-state index contributed by atoms with van der Waals surface area (Å²) >= 11 is 0.951. The number of aliphatic imine (C=N–C) groups is 1. The van der Waals surface area contributed by atoms with E-state index < -0.39 is 131 Å². The smallest absolute Gasteiger partial charge is 0.303 e. The van der Waals surface area contributed by atoms with E-state index in [0.717, 1.165) is 50.3 Å². The average Bonchev–Trinajstić information content (AvgIpc) is 1.47. The number of aliphatic carboxylic acids is 1. The van der Waals surface area contributed by atoms with E-state index in [1.54, 1.807) is 12.2 Å². The molecular weight excluding hydrogens is 1190 g/mol. The second kappa shape index (κ2) is 40.3. The molecule has 0 aromatic heterocycles. The van der Waals surface area contributed by atoms with Gasteiger partial charge in [0.15, 0.2) is 5.78 Å². The van der Waals surface area contributed by atoms with E-state index in [9.17, 15) is 83.7 Å². The lowest BCUT2D eigenvalue weighted by Crippen LogP contribution is -2.80. The monoisotopic (exact) mass is 1300 g/mol. The second-order valence-electron chi connectivity index (χ2n) is 23.9. The van der Waals surface area contributed by atoms with E-state index in [1.807, 2.05) is 0 Å². The number of hydrogen-bond donors (Lipinski definition) is 17. The fraction of sp³-hybridized carbons (Fsp3) is 0.783. The first kappa shape index (κ1) is 80.4. The number of aliphatic hydroxyl groups excluding tert-OH is 3. The van der Waals surface area contributed by atoms with Crippen LogP contribution in [0.3, 0.4) is 0 Å². The van der Waals surface area contributed by atoms with Crippen molar-refractivity contribution in [2.24, 2.45) is 28.3 Å². The summed E-state index contributed by atoms with van der Waals surface area (Å²) in [7, 11) is 1.40. The van der Waals surface area contributed by atoms with Gasteiger partial charge in [-0.25, -0.2) is 0 Å². The Hall–Kier alpha value is -5.70. The summed E-state index contributed by atoms with van der Waals surface area (Å²) in [6.07, 6.45) is 5.71. The van der Waals surface area contributed by atoms with Crippen molar-refractivity contribution in [1.29, 1.82) is 0 Å². The molecule has 0 radical (unpaired) electrons. The molecule has 30 heteroatoms. The molecule has 0 spiro atoms. The minimum atomic E-state index is -2.16. The summed E-state index contributed by atoms with van der Waals surface area (Å²) in [4.78, 5) is 133. The number of aliphatic hydroxyl groups is 6. The van der Waals surface area contributed by atoms with Crippen molar-refractivity contribution in [2.45, 2.75) is 228 Å². The van der Waals surface area contributed by atoms with Gasteiger partial charge in [-0.3, -0.25) is 52.9 Å². The first-order valence-corrected chi connectivity index (χ1v) is 32.3. The van der Waals surface area contributed by atoms with Crippen LogP contribution in [0.1, 0.15) is 164 Å². The zero-order valence-corrected chi connectivity index (χ0v) is 54.4. The number of nitrogens with two attached hydrogens (primary N) is 2. The molecule has 0 aromatic carbocycles. The van der Waals surface area contributed by atoms with E-state index in [2.05, 4.69) is 54.5 Å². The Morgan fingerprint density at radius 3 is 1.74 bits per heavy atom. The van der Waals surface area contributed by atoms with Crippen LogP contribution in [0.5, 0.6) is 0 Å². The van der Waals surface area contributed by atoms with Crippen LogP contribution >= 0.6 is 11.8 Å². The summed E-state index contributed by atoms with van der Waals surface area (Å²) in [6, 6.07) is -5.42. The van der Waals surface area contributed by atoms with Crippen LogP contribution in [0.25, 0.3) is 0 Å². The summed E-state index contributed by atoms with van der Waals surface area (Å²) in [5.41, 5.74) is 5.39. The first-order valence-electron chi connectivity index (χ1n) is 31.4. The molecule has 1 heterocycles. The Morgan fingerprint density at radius 2 is 1.21 bits per heavy atom. The quantitative estimate of drug-likeness (QED) is 0.0137. The average molecular weight is 1300 g/mol. The standard InChI is InChI=1S/C60H105N11O18S/c1-8-9-12-15-38(74)18-19-40-39(45(75)34-46(40)76)16-13-10-11-14-17-49(77)66-32-33-68-51(79)24-20-41(37(2)73)69-55(84)43(71-56(85)44(21-25-50(78)65-29-28-61)70-54(83)42(63-7)23-27-53(81)82)22-26-52(80)67-31-30-64-48(62)36-90-60(6)59(5,88)58(4,87)57(3,86)47(35-72)89-60/h18-19,38-44,46-47,63,72,74,76,86-88H,8-17,20-36,61H2,1-7H3,(H2,62,64)(H,65,78)(H,66,77)(H,67,80)(H,68,79)(H,69,84)(H,70,83)(H,71,85)(H,81,82). The van der Waals surface area contributed by atoms with Crippen LogP contribution < -0.4 is 54.0 Å². The van der Waals surface area contributed by atoms with Crippen LogP contribution in [0.2, 0.25) is 0 Å². The SMILES string of the molecule is CCCCCC(O)C=CC1C(O)CC(=O)C1CCCCCCC(=O)NCCNC(=O)CCC(NC(=O)C(CCC(=O)NCCN=C(N)CSC1(C)OC(CO)C(C)(O)C(C)(O)C1(C)O)NC(=O)C(CCC(=O)NCCN)NC(=O)C(CCC(=O)O)NC)C(C)=O. The molecule has 1 aliphatic heterocycles.